The molecule has 0 aromatic carbocycles. The van der Waals surface area contributed by atoms with E-state index in [0.29, 0.717) is 18.8 Å². The van der Waals surface area contributed by atoms with Crippen LogP contribution in [0, 0.1) is 17.8 Å². The van der Waals surface area contributed by atoms with E-state index < -0.39 is 17.7 Å². The van der Waals surface area contributed by atoms with Crippen LogP contribution < -0.4 is 0 Å². The van der Waals surface area contributed by atoms with Gasteiger partial charge in [-0.1, -0.05) is 26.2 Å². The first-order chi connectivity index (χ1) is 8.85. The average molecular weight is 278 g/mol. The molecule has 0 aliphatic heterocycles. The molecular formula is C15H25F3O. The first kappa shape index (κ1) is 15.1. The van der Waals surface area contributed by atoms with Crippen LogP contribution in [0.2, 0.25) is 0 Å². The molecule has 0 spiro atoms. The molecule has 0 saturated heterocycles. The standard InChI is InChI=1S/C15H25F3O/c1-2-11-4-3-5-13(10-11)14(19)8-6-12(7-9-14)15(16,17)18/h11-13,19H,2-10H2,1H3. The first-order valence-corrected chi connectivity index (χ1v) is 7.64. The highest BCUT2D eigenvalue weighted by molar-refractivity contribution is 4.94. The fraction of sp³-hybridized carbons (Fsp3) is 1.00. The minimum Gasteiger partial charge on any atom is -0.390 e. The van der Waals surface area contributed by atoms with Crippen molar-refractivity contribution in [3.63, 3.8) is 0 Å². The summed E-state index contributed by atoms with van der Waals surface area (Å²) in [6.07, 6.45) is 2.24. The van der Waals surface area contributed by atoms with E-state index in [9.17, 15) is 18.3 Å². The van der Waals surface area contributed by atoms with Crippen LogP contribution in [-0.4, -0.2) is 16.9 Å². The molecule has 2 atom stereocenters. The van der Waals surface area contributed by atoms with Crippen LogP contribution in [0.25, 0.3) is 0 Å². The van der Waals surface area contributed by atoms with Crippen LogP contribution in [0.15, 0.2) is 0 Å². The fourth-order valence-corrected chi connectivity index (χ4v) is 4.00. The highest BCUT2D eigenvalue weighted by Crippen LogP contribution is 2.48. The minimum absolute atomic E-state index is 0.104. The Hall–Kier alpha value is -0.250. The third-order valence-corrected chi connectivity index (χ3v) is 5.43. The molecule has 0 heterocycles. The molecule has 0 radical (unpaired) electrons. The van der Waals surface area contributed by atoms with Gasteiger partial charge in [0.15, 0.2) is 0 Å². The highest BCUT2D eigenvalue weighted by atomic mass is 19.4. The Balaban J connectivity index is 1.94. The van der Waals surface area contributed by atoms with E-state index in [2.05, 4.69) is 6.92 Å². The maximum atomic E-state index is 12.7. The summed E-state index contributed by atoms with van der Waals surface area (Å²) in [7, 11) is 0. The summed E-state index contributed by atoms with van der Waals surface area (Å²) in [6.45, 7) is 2.16. The lowest BCUT2D eigenvalue weighted by molar-refractivity contribution is -0.197. The molecule has 4 heteroatoms. The minimum atomic E-state index is -4.08. The Kier molecular flexibility index (Phi) is 4.49. The van der Waals surface area contributed by atoms with Crippen LogP contribution in [0.5, 0.6) is 0 Å². The number of alkyl halides is 3. The number of hydrogen-bond donors (Lipinski definition) is 1. The molecule has 2 unspecified atom stereocenters. The number of hydrogen-bond acceptors (Lipinski definition) is 1. The quantitative estimate of drug-likeness (QED) is 0.777. The molecule has 0 aromatic heterocycles. The predicted octanol–water partition coefficient (Wildman–Crippen LogP) is 4.69. The van der Waals surface area contributed by atoms with E-state index in [1.165, 1.54) is 6.42 Å². The zero-order valence-corrected chi connectivity index (χ0v) is 11.7. The molecule has 2 fully saturated rings. The largest absolute Gasteiger partial charge is 0.391 e. The molecule has 1 N–H and O–H groups in total. The monoisotopic (exact) mass is 278 g/mol. The summed E-state index contributed by atoms with van der Waals surface area (Å²) in [4.78, 5) is 0. The SMILES string of the molecule is CCC1CCCC(C2(O)CCC(C(F)(F)F)CC2)C1. The molecule has 2 aliphatic rings. The maximum Gasteiger partial charge on any atom is 0.391 e. The van der Waals surface area contributed by atoms with Gasteiger partial charge in [0.1, 0.15) is 0 Å². The van der Waals surface area contributed by atoms with Crippen molar-refractivity contribution in [3.8, 4) is 0 Å². The van der Waals surface area contributed by atoms with E-state index in [4.69, 9.17) is 0 Å². The lowest BCUT2D eigenvalue weighted by Gasteiger charge is -2.45. The van der Waals surface area contributed by atoms with Gasteiger partial charge in [0.2, 0.25) is 0 Å². The Bertz CT molecular complexity index is 292. The molecule has 0 aromatic rings. The van der Waals surface area contributed by atoms with Crippen molar-refractivity contribution in [2.75, 3.05) is 0 Å². The summed E-state index contributed by atoms with van der Waals surface area (Å²) in [5.74, 6) is -0.318. The van der Waals surface area contributed by atoms with Crippen molar-refractivity contribution < 1.29 is 18.3 Å². The van der Waals surface area contributed by atoms with Crippen LogP contribution in [0.3, 0.4) is 0 Å². The first-order valence-electron chi connectivity index (χ1n) is 7.64. The lowest BCUT2D eigenvalue weighted by atomic mass is 9.65. The van der Waals surface area contributed by atoms with Gasteiger partial charge in [0.05, 0.1) is 11.5 Å². The Morgan fingerprint density at radius 1 is 1.11 bits per heavy atom. The summed E-state index contributed by atoms with van der Waals surface area (Å²) in [6, 6.07) is 0. The maximum absolute atomic E-state index is 12.7. The molecular weight excluding hydrogens is 253 g/mol. The highest BCUT2D eigenvalue weighted by Gasteiger charge is 2.48. The number of rotatable bonds is 2. The van der Waals surface area contributed by atoms with Crippen molar-refractivity contribution >= 4 is 0 Å². The van der Waals surface area contributed by atoms with Gasteiger partial charge in [0, 0.05) is 0 Å². The molecule has 19 heavy (non-hydrogen) atoms. The second-order valence-corrected chi connectivity index (χ2v) is 6.56. The molecule has 1 nitrogen and oxygen atoms in total. The summed E-state index contributed by atoms with van der Waals surface area (Å²) >= 11 is 0. The number of aliphatic hydroxyl groups is 1. The summed E-state index contributed by atoms with van der Waals surface area (Å²) < 4.78 is 38.0. The zero-order valence-electron chi connectivity index (χ0n) is 11.7. The van der Waals surface area contributed by atoms with Gasteiger partial charge in [-0.2, -0.15) is 13.2 Å². The van der Waals surface area contributed by atoms with E-state index in [1.807, 2.05) is 0 Å². The van der Waals surface area contributed by atoms with Crippen LogP contribution in [0.4, 0.5) is 13.2 Å². The molecule has 2 rings (SSSR count). The van der Waals surface area contributed by atoms with Crippen molar-refractivity contribution in [3.05, 3.63) is 0 Å². The Morgan fingerprint density at radius 2 is 1.74 bits per heavy atom. The van der Waals surface area contributed by atoms with Crippen molar-refractivity contribution in [1.82, 2.24) is 0 Å². The average Bonchev–Trinajstić information content (AvgIpc) is 2.38. The van der Waals surface area contributed by atoms with Crippen molar-refractivity contribution in [1.29, 1.82) is 0 Å². The third kappa shape index (κ3) is 3.45. The Morgan fingerprint density at radius 3 is 2.26 bits per heavy atom. The normalized spacial score (nSPS) is 41.2. The van der Waals surface area contributed by atoms with Crippen molar-refractivity contribution in [2.45, 2.75) is 76.5 Å². The lowest BCUT2D eigenvalue weighted by Crippen LogP contribution is -2.45. The predicted molar refractivity (Wildman–Crippen MR) is 68.7 cm³/mol. The number of halogens is 3. The van der Waals surface area contributed by atoms with Crippen LogP contribution >= 0.6 is 0 Å². The van der Waals surface area contributed by atoms with E-state index in [1.54, 1.807) is 0 Å². The second kappa shape index (κ2) is 5.63. The van der Waals surface area contributed by atoms with E-state index >= 15 is 0 Å². The zero-order chi connectivity index (χ0) is 14.1. The van der Waals surface area contributed by atoms with E-state index in [-0.39, 0.29) is 18.8 Å². The molecule has 112 valence electrons. The van der Waals surface area contributed by atoms with Crippen LogP contribution in [0.1, 0.15) is 64.7 Å². The van der Waals surface area contributed by atoms with Gasteiger partial charge in [-0.25, -0.2) is 0 Å². The fourth-order valence-electron chi connectivity index (χ4n) is 4.00. The topological polar surface area (TPSA) is 20.2 Å². The third-order valence-electron chi connectivity index (χ3n) is 5.43. The van der Waals surface area contributed by atoms with Gasteiger partial charge >= 0.3 is 6.18 Å². The van der Waals surface area contributed by atoms with Gasteiger partial charge < -0.3 is 5.11 Å². The smallest absolute Gasteiger partial charge is 0.390 e. The Labute approximate surface area is 113 Å². The van der Waals surface area contributed by atoms with Crippen LogP contribution in [-0.2, 0) is 0 Å². The van der Waals surface area contributed by atoms with Gasteiger partial charge in [-0.05, 0) is 50.4 Å². The second-order valence-electron chi connectivity index (χ2n) is 6.56. The summed E-state index contributed by atoms with van der Waals surface area (Å²) in [5.41, 5.74) is -0.824. The molecule has 2 saturated carbocycles. The summed E-state index contributed by atoms with van der Waals surface area (Å²) in [5, 5.41) is 10.7. The van der Waals surface area contributed by atoms with Crippen molar-refractivity contribution in [2.24, 2.45) is 17.8 Å². The van der Waals surface area contributed by atoms with Gasteiger partial charge in [-0.15, -0.1) is 0 Å². The van der Waals surface area contributed by atoms with Gasteiger partial charge in [-0.3, -0.25) is 0 Å². The van der Waals surface area contributed by atoms with E-state index in [0.717, 1.165) is 25.7 Å². The van der Waals surface area contributed by atoms with Gasteiger partial charge in [0.25, 0.3) is 0 Å². The molecule has 0 amide bonds. The molecule has 0 bridgehead atoms. The molecule has 2 aliphatic carbocycles.